The maximum Gasteiger partial charge on any atom is 0.242 e. The van der Waals surface area contributed by atoms with Crippen molar-refractivity contribution in [2.75, 3.05) is 26.4 Å². The molecular formula is C18H22O6. The summed E-state index contributed by atoms with van der Waals surface area (Å²) in [4.78, 5) is 0. The second-order valence-corrected chi connectivity index (χ2v) is 6.18. The van der Waals surface area contributed by atoms with Crippen LogP contribution in [0.3, 0.4) is 0 Å². The molecule has 0 radical (unpaired) electrons. The molecule has 2 aliphatic rings. The molecule has 6 nitrogen and oxygen atoms in total. The molecule has 0 spiro atoms. The zero-order valence-corrected chi connectivity index (χ0v) is 14.0. The second kappa shape index (κ2) is 6.37. The van der Waals surface area contributed by atoms with Crippen LogP contribution in [0.15, 0.2) is 48.9 Å². The third-order valence-corrected chi connectivity index (χ3v) is 3.60. The summed E-state index contributed by atoms with van der Waals surface area (Å²) in [6, 6.07) is 7.32. The lowest BCUT2D eigenvalue weighted by Gasteiger charge is -2.23. The summed E-state index contributed by atoms with van der Waals surface area (Å²) in [6.45, 7) is 12.4. The molecule has 2 atom stereocenters. The molecule has 2 saturated heterocycles. The van der Waals surface area contributed by atoms with Gasteiger partial charge in [-0.3, -0.25) is 0 Å². The van der Waals surface area contributed by atoms with Gasteiger partial charge in [-0.25, -0.2) is 0 Å². The van der Waals surface area contributed by atoms with Crippen molar-refractivity contribution in [3.63, 3.8) is 0 Å². The van der Waals surface area contributed by atoms with Gasteiger partial charge in [0.2, 0.25) is 11.6 Å². The first kappa shape index (κ1) is 16.7. The van der Waals surface area contributed by atoms with Gasteiger partial charge in [0, 0.05) is 19.9 Å². The number of hydrogen-bond acceptors (Lipinski definition) is 6. The van der Waals surface area contributed by atoms with E-state index in [9.17, 15) is 0 Å². The van der Waals surface area contributed by atoms with Crippen molar-refractivity contribution in [3.8, 4) is 11.5 Å². The summed E-state index contributed by atoms with van der Waals surface area (Å²) in [5.74, 6) is 0.886. The first-order valence-electron chi connectivity index (χ1n) is 7.73. The average molecular weight is 334 g/mol. The highest BCUT2D eigenvalue weighted by atomic mass is 16.8. The van der Waals surface area contributed by atoms with Crippen LogP contribution < -0.4 is 9.47 Å². The molecule has 0 N–H and O–H groups in total. The van der Waals surface area contributed by atoms with E-state index < -0.39 is 11.6 Å². The average Bonchev–Trinajstić information content (AvgIpc) is 3.07. The molecule has 0 amide bonds. The van der Waals surface area contributed by atoms with Crippen LogP contribution in [-0.4, -0.2) is 38.0 Å². The van der Waals surface area contributed by atoms with Crippen LogP contribution in [0.2, 0.25) is 0 Å². The fourth-order valence-corrected chi connectivity index (χ4v) is 2.42. The molecule has 2 aliphatic heterocycles. The summed E-state index contributed by atoms with van der Waals surface area (Å²) in [7, 11) is 0. The van der Waals surface area contributed by atoms with E-state index in [1.165, 1.54) is 0 Å². The number of hydrogen-bond donors (Lipinski definition) is 0. The molecule has 2 heterocycles. The Morgan fingerprint density at radius 1 is 0.917 bits per heavy atom. The zero-order valence-electron chi connectivity index (χ0n) is 14.0. The first-order chi connectivity index (χ1) is 11.4. The van der Waals surface area contributed by atoms with E-state index in [1.54, 1.807) is 6.07 Å². The standard InChI is InChI=1S/C18H22O6/c1-13-9-21-17(3,23-13)11-19-15-6-5-7-16(8-15)20-12-18(4)22-10-14(2)24-18/h5-8H,1-2,9-12H2,3-4H3. The molecular weight excluding hydrogens is 312 g/mol. The molecule has 3 rings (SSSR count). The molecule has 0 bridgehead atoms. The van der Waals surface area contributed by atoms with Crippen molar-refractivity contribution in [2.24, 2.45) is 0 Å². The highest BCUT2D eigenvalue weighted by molar-refractivity contribution is 5.33. The molecule has 1 aromatic rings. The molecule has 0 saturated carbocycles. The number of benzene rings is 1. The van der Waals surface area contributed by atoms with Crippen LogP contribution in [0.5, 0.6) is 11.5 Å². The molecule has 6 heteroatoms. The van der Waals surface area contributed by atoms with Gasteiger partial charge < -0.3 is 28.4 Å². The Morgan fingerprint density at radius 2 is 1.38 bits per heavy atom. The third kappa shape index (κ3) is 4.01. The summed E-state index contributed by atoms with van der Waals surface area (Å²) >= 11 is 0. The lowest BCUT2D eigenvalue weighted by molar-refractivity contribution is -0.155. The van der Waals surface area contributed by atoms with E-state index in [0.29, 0.717) is 36.2 Å². The Bertz CT molecular complexity index is 591. The number of rotatable bonds is 6. The smallest absolute Gasteiger partial charge is 0.242 e. The Labute approximate surface area is 141 Å². The van der Waals surface area contributed by atoms with E-state index in [1.807, 2.05) is 32.0 Å². The van der Waals surface area contributed by atoms with Crippen LogP contribution in [-0.2, 0) is 18.9 Å². The van der Waals surface area contributed by atoms with E-state index in [-0.39, 0.29) is 13.2 Å². The molecule has 0 aliphatic carbocycles. The zero-order chi connectivity index (χ0) is 17.2. The lowest BCUT2D eigenvalue weighted by atomic mass is 10.3. The van der Waals surface area contributed by atoms with Crippen molar-refractivity contribution in [2.45, 2.75) is 25.4 Å². The lowest BCUT2D eigenvalue weighted by Crippen LogP contribution is -2.33. The minimum atomic E-state index is -0.812. The Hall–Kier alpha value is -2.18. The quantitative estimate of drug-likeness (QED) is 0.797. The predicted octanol–water partition coefficient (Wildman–Crippen LogP) is 3.00. The third-order valence-electron chi connectivity index (χ3n) is 3.60. The minimum absolute atomic E-state index is 0.249. The summed E-state index contributed by atoms with van der Waals surface area (Å²) in [6.07, 6.45) is 0. The first-order valence-corrected chi connectivity index (χ1v) is 7.73. The molecule has 0 aromatic heterocycles. The molecule has 1 aromatic carbocycles. The van der Waals surface area contributed by atoms with Gasteiger partial charge in [0.1, 0.15) is 36.2 Å². The van der Waals surface area contributed by atoms with Gasteiger partial charge >= 0.3 is 0 Å². The monoisotopic (exact) mass is 334 g/mol. The van der Waals surface area contributed by atoms with E-state index in [0.717, 1.165) is 0 Å². The Kier molecular flexibility index (Phi) is 4.43. The summed E-state index contributed by atoms with van der Waals surface area (Å²) < 4.78 is 33.6. The Balaban J connectivity index is 1.54. The van der Waals surface area contributed by atoms with E-state index in [4.69, 9.17) is 28.4 Å². The van der Waals surface area contributed by atoms with Crippen molar-refractivity contribution in [3.05, 3.63) is 48.9 Å². The van der Waals surface area contributed by atoms with Crippen molar-refractivity contribution in [1.82, 2.24) is 0 Å². The van der Waals surface area contributed by atoms with Crippen LogP contribution >= 0.6 is 0 Å². The number of ether oxygens (including phenoxy) is 6. The molecule has 2 unspecified atom stereocenters. The fourth-order valence-electron chi connectivity index (χ4n) is 2.42. The van der Waals surface area contributed by atoms with E-state index >= 15 is 0 Å². The van der Waals surface area contributed by atoms with E-state index in [2.05, 4.69) is 13.2 Å². The fraction of sp³-hybridized carbons (Fsp3) is 0.444. The van der Waals surface area contributed by atoms with Crippen LogP contribution in [0.25, 0.3) is 0 Å². The Morgan fingerprint density at radius 3 is 1.75 bits per heavy atom. The van der Waals surface area contributed by atoms with Gasteiger partial charge in [-0.15, -0.1) is 0 Å². The van der Waals surface area contributed by atoms with Gasteiger partial charge in [0.15, 0.2) is 13.2 Å². The van der Waals surface area contributed by atoms with Crippen molar-refractivity contribution in [1.29, 1.82) is 0 Å². The minimum Gasteiger partial charge on any atom is -0.487 e. The second-order valence-electron chi connectivity index (χ2n) is 6.18. The van der Waals surface area contributed by atoms with Gasteiger partial charge in [0.05, 0.1) is 0 Å². The van der Waals surface area contributed by atoms with Gasteiger partial charge in [-0.1, -0.05) is 19.2 Å². The largest absolute Gasteiger partial charge is 0.487 e. The maximum atomic E-state index is 5.75. The van der Waals surface area contributed by atoms with Crippen LogP contribution in [0.1, 0.15) is 13.8 Å². The molecule has 130 valence electrons. The van der Waals surface area contributed by atoms with Gasteiger partial charge in [0.25, 0.3) is 0 Å². The SMILES string of the molecule is C=C1COC(C)(COc2cccc(OCC3(C)OCC(=C)O3)c2)O1. The van der Waals surface area contributed by atoms with Crippen molar-refractivity contribution < 1.29 is 28.4 Å². The predicted molar refractivity (Wildman–Crippen MR) is 86.6 cm³/mol. The van der Waals surface area contributed by atoms with Gasteiger partial charge in [-0.2, -0.15) is 0 Å². The van der Waals surface area contributed by atoms with Crippen molar-refractivity contribution >= 4 is 0 Å². The van der Waals surface area contributed by atoms with Crippen LogP contribution in [0.4, 0.5) is 0 Å². The normalized spacial score (nSPS) is 29.2. The molecule has 24 heavy (non-hydrogen) atoms. The van der Waals surface area contributed by atoms with Crippen LogP contribution in [0, 0.1) is 0 Å². The summed E-state index contributed by atoms with van der Waals surface area (Å²) in [5.41, 5.74) is 0. The van der Waals surface area contributed by atoms with Gasteiger partial charge in [-0.05, 0) is 12.1 Å². The molecule has 2 fully saturated rings. The summed E-state index contributed by atoms with van der Waals surface area (Å²) in [5, 5.41) is 0. The maximum absolute atomic E-state index is 5.75. The highest BCUT2D eigenvalue weighted by Crippen LogP contribution is 2.29. The highest BCUT2D eigenvalue weighted by Gasteiger charge is 2.36. The topological polar surface area (TPSA) is 55.4 Å².